The smallest absolute Gasteiger partial charge is 0.260 e. The first-order chi connectivity index (χ1) is 11.4. The van der Waals surface area contributed by atoms with Crippen molar-refractivity contribution in [3.63, 3.8) is 0 Å². The van der Waals surface area contributed by atoms with Crippen LogP contribution >= 0.6 is 23.1 Å². The molecule has 7 heteroatoms. The molecule has 2 aromatic rings. The number of hydrogen-bond donors (Lipinski definition) is 2. The van der Waals surface area contributed by atoms with Crippen molar-refractivity contribution in [2.24, 2.45) is 5.92 Å². The second-order valence-corrected chi connectivity index (χ2v) is 8.59. The topological polar surface area (TPSA) is 74.8 Å². The summed E-state index contributed by atoms with van der Waals surface area (Å²) < 4.78 is 0. The first kappa shape index (κ1) is 19.0. The van der Waals surface area contributed by atoms with E-state index < -0.39 is 0 Å². The number of fused-ring (bicyclic) bond motifs is 1. The second-order valence-electron chi connectivity index (χ2n) is 6.06. The molecular weight excluding hydrogens is 342 g/mol. The van der Waals surface area contributed by atoms with Gasteiger partial charge >= 0.3 is 0 Å². The molecule has 2 atom stereocenters. The highest BCUT2D eigenvalue weighted by atomic mass is 32.2. The van der Waals surface area contributed by atoms with E-state index in [-0.39, 0.29) is 16.7 Å². The third kappa shape index (κ3) is 4.19. The molecule has 0 unspecified atom stereocenters. The maximum Gasteiger partial charge on any atom is 0.260 e. The number of hydrogen-bond acceptors (Lipinski definition) is 5. The number of nitrogens with zero attached hydrogens (tertiary/aromatic N) is 1. The average Bonchev–Trinajstić information content (AvgIpc) is 2.83. The van der Waals surface area contributed by atoms with Gasteiger partial charge in [0.15, 0.2) is 5.16 Å². The molecule has 0 saturated heterocycles. The second kappa shape index (κ2) is 8.16. The molecule has 2 heterocycles. The van der Waals surface area contributed by atoms with E-state index in [1.54, 1.807) is 11.3 Å². The minimum Gasteiger partial charge on any atom is -0.355 e. The van der Waals surface area contributed by atoms with Crippen LogP contribution in [-0.4, -0.2) is 27.7 Å². The van der Waals surface area contributed by atoms with Crippen LogP contribution in [0.4, 0.5) is 0 Å². The Labute approximate surface area is 150 Å². The van der Waals surface area contributed by atoms with Gasteiger partial charge in [-0.3, -0.25) is 9.59 Å². The zero-order chi connectivity index (χ0) is 17.9. The Hall–Kier alpha value is -1.34. The minimum absolute atomic E-state index is 0.0509. The van der Waals surface area contributed by atoms with E-state index in [2.05, 4.69) is 29.1 Å². The maximum atomic E-state index is 12.6. The SMILES string of the molecule is CCNC(=O)[C@@H](C)Sc1nc2sc(C)c(C[C@H](C)CC)c2c(=O)[nH]1. The molecule has 0 aliphatic heterocycles. The van der Waals surface area contributed by atoms with Crippen molar-refractivity contribution < 1.29 is 4.79 Å². The van der Waals surface area contributed by atoms with E-state index in [0.717, 1.165) is 28.1 Å². The van der Waals surface area contributed by atoms with Gasteiger partial charge in [-0.2, -0.15) is 0 Å². The van der Waals surface area contributed by atoms with Gasteiger partial charge in [0.1, 0.15) is 4.83 Å². The number of carbonyl (C=O) groups is 1. The summed E-state index contributed by atoms with van der Waals surface area (Å²) in [6.07, 6.45) is 1.98. The van der Waals surface area contributed by atoms with E-state index >= 15 is 0 Å². The number of thiophene rings is 1. The fourth-order valence-electron chi connectivity index (χ4n) is 2.49. The van der Waals surface area contributed by atoms with Gasteiger partial charge in [0.2, 0.25) is 5.91 Å². The molecule has 132 valence electrons. The Morgan fingerprint density at radius 2 is 2.08 bits per heavy atom. The number of thioether (sulfide) groups is 1. The van der Waals surface area contributed by atoms with Crippen LogP contribution < -0.4 is 10.9 Å². The molecule has 0 saturated carbocycles. The summed E-state index contributed by atoms with van der Waals surface area (Å²) in [7, 11) is 0. The van der Waals surface area contributed by atoms with E-state index in [1.807, 2.05) is 20.8 Å². The number of nitrogens with one attached hydrogen (secondary N) is 2. The third-order valence-electron chi connectivity index (χ3n) is 4.10. The van der Waals surface area contributed by atoms with Crippen molar-refractivity contribution in [2.45, 2.75) is 57.9 Å². The third-order valence-corrected chi connectivity index (χ3v) is 6.12. The molecule has 2 N–H and O–H groups in total. The normalized spacial score (nSPS) is 13.9. The molecule has 0 aliphatic rings. The summed E-state index contributed by atoms with van der Waals surface area (Å²) in [6.45, 7) is 10.7. The molecule has 0 aromatic carbocycles. The number of carbonyl (C=O) groups excluding carboxylic acids is 1. The molecule has 0 spiro atoms. The zero-order valence-corrected chi connectivity index (χ0v) is 16.5. The molecule has 0 radical (unpaired) electrons. The van der Waals surface area contributed by atoms with Crippen molar-refractivity contribution in [3.8, 4) is 0 Å². The molecule has 0 fully saturated rings. The summed E-state index contributed by atoms with van der Waals surface area (Å²) in [5, 5.41) is 3.70. The van der Waals surface area contributed by atoms with Crippen LogP contribution in [0.25, 0.3) is 10.2 Å². The number of rotatable bonds is 7. The van der Waals surface area contributed by atoms with Gasteiger partial charge in [0.05, 0.1) is 10.6 Å². The lowest BCUT2D eigenvalue weighted by atomic mass is 9.98. The molecule has 0 aliphatic carbocycles. The first-order valence-corrected chi connectivity index (χ1v) is 10.0. The predicted molar refractivity (Wildman–Crippen MR) is 102 cm³/mol. The highest BCUT2D eigenvalue weighted by Crippen LogP contribution is 2.31. The van der Waals surface area contributed by atoms with Crippen molar-refractivity contribution in [1.29, 1.82) is 0 Å². The number of aromatic nitrogens is 2. The van der Waals surface area contributed by atoms with Crippen LogP contribution in [-0.2, 0) is 11.2 Å². The largest absolute Gasteiger partial charge is 0.355 e. The lowest BCUT2D eigenvalue weighted by molar-refractivity contribution is -0.120. The van der Waals surface area contributed by atoms with Gasteiger partial charge in [-0.1, -0.05) is 32.0 Å². The number of aromatic amines is 1. The van der Waals surface area contributed by atoms with Gasteiger partial charge in [0, 0.05) is 11.4 Å². The Morgan fingerprint density at radius 3 is 2.71 bits per heavy atom. The van der Waals surface area contributed by atoms with Gasteiger partial charge < -0.3 is 10.3 Å². The van der Waals surface area contributed by atoms with Gasteiger partial charge in [-0.05, 0) is 38.7 Å². The highest BCUT2D eigenvalue weighted by molar-refractivity contribution is 8.00. The predicted octanol–water partition coefficient (Wildman–Crippen LogP) is 3.50. The monoisotopic (exact) mass is 367 g/mol. The summed E-state index contributed by atoms with van der Waals surface area (Å²) in [5.41, 5.74) is 1.01. The Morgan fingerprint density at radius 1 is 1.38 bits per heavy atom. The highest BCUT2D eigenvalue weighted by Gasteiger charge is 2.19. The fourth-order valence-corrected chi connectivity index (χ4v) is 4.42. The van der Waals surface area contributed by atoms with Crippen molar-refractivity contribution in [1.82, 2.24) is 15.3 Å². The van der Waals surface area contributed by atoms with Crippen LogP contribution in [0.15, 0.2) is 9.95 Å². The molecule has 0 bridgehead atoms. The van der Waals surface area contributed by atoms with Gasteiger partial charge in [-0.15, -0.1) is 11.3 Å². The summed E-state index contributed by atoms with van der Waals surface area (Å²) >= 11 is 2.84. The van der Waals surface area contributed by atoms with Crippen molar-refractivity contribution >= 4 is 39.2 Å². The summed E-state index contributed by atoms with van der Waals surface area (Å²) in [6, 6.07) is 0. The molecule has 24 heavy (non-hydrogen) atoms. The van der Waals surface area contributed by atoms with Crippen molar-refractivity contribution in [3.05, 3.63) is 20.8 Å². The van der Waals surface area contributed by atoms with Crippen LogP contribution in [0.2, 0.25) is 0 Å². The summed E-state index contributed by atoms with van der Waals surface area (Å²) in [4.78, 5) is 33.8. The van der Waals surface area contributed by atoms with Crippen LogP contribution in [0.3, 0.4) is 0 Å². The van der Waals surface area contributed by atoms with Crippen LogP contribution in [0.1, 0.15) is 44.6 Å². The van der Waals surface area contributed by atoms with Gasteiger partial charge in [0.25, 0.3) is 5.56 Å². The molecule has 2 aromatic heterocycles. The van der Waals surface area contributed by atoms with E-state index in [0.29, 0.717) is 23.0 Å². The Balaban J connectivity index is 2.34. The molecule has 1 amide bonds. The lowest BCUT2D eigenvalue weighted by Gasteiger charge is -2.10. The zero-order valence-electron chi connectivity index (χ0n) is 14.9. The standard InChI is InChI=1S/C17H25N3O2S2/c1-6-9(3)8-12-10(4)23-16-13(12)15(22)19-17(20-16)24-11(5)14(21)18-7-2/h9,11H,6-8H2,1-5H3,(H,18,21)(H,19,20,22)/t9-,11-/m1/s1. The number of H-pyrrole nitrogens is 1. The van der Waals surface area contributed by atoms with Crippen LogP contribution in [0.5, 0.6) is 0 Å². The van der Waals surface area contributed by atoms with E-state index in [9.17, 15) is 9.59 Å². The van der Waals surface area contributed by atoms with Crippen LogP contribution in [0, 0.1) is 12.8 Å². The van der Waals surface area contributed by atoms with E-state index in [4.69, 9.17) is 0 Å². The maximum absolute atomic E-state index is 12.6. The van der Waals surface area contributed by atoms with Gasteiger partial charge in [-0.25, -0.2) is 4.98 Å². The molecule has 2 rings (SSSR count). The van der Waals surface area contributed by atoms with E-state index in [1.165, 1.54) is 11.8 Å². The molecular formula is C17H25N3O2S2. The molecule has 5 nitrogen and oxygen atoms in total. The first-order valence-electron chi connectivity index (χ1n) is 8.33. The Bertz CT molecular complexity index is 782. The van der Waals surface area contributed by atoms with Crippen molar-refractivity contribution in [2.75, 3.05) is 6.54 Å². The summed E-state index contributed by atoms with van der Waals surface area (Å²) in [5.74, 6) is 0.484. The minimum atomic E-state index is -0.300. The average molecular weight is 368 g/mol. The fraction of sp³-hybridized carbons (Fsp3) is 0.588. The number of aryl methyl sites for hydroxylation is 1. The Kier molecular flexibility index (Phi) is 6.46. The quantitative estimate of drug-likeness (QED) is 0.580. The number of amides is 1. The lowest BCUT2D eigenvalue weighted by Crippen LogP contribution is -2.30.